The number of amides is 1. The van der Waals surface area contributed by atoms with Gasteiger partial charge in [-0.2, -0.15) is 0 Å². The monoisotopic (exact) mass is 352 g/mol. The molecule has 0 aromatic heterocycles. The summed E-state index contributed by atoms with van der Waals surface area (Å²) in [5.41, 5.74) is 1.74. The quantitative estimate of drug-likeness (QED) is 0.797. The van der Waals surface area contributed by atoms with Crippen LogP contribution in [0.2, 0.25) is 10.0 Å². The zero-order valence-corrected chi connectivity index (χ0v) is 14.2. The number of methoxy groups -OCH3 is 1. The Kier molecular flexibility index (Phi) is 6.56. The first-order valence-corrected chi connectivity index (χ1v) is 7.93. The lowest BCUT2D eigenvalue weighted by molar-refractivity contribution is -0.119. The van der Waals surface area contributed by atoms with Gasteiger partial charge in [-0.1, -0.05) is 41.4 Å². The Morgan fingerprint density at radius 1 is 1.17 bits per heavy atom. The van der Waals surface area contributed by atoms with Crippen molar-refractivity contribution in [3.63, 3.8) is 0 Å². The van der Waals surface area contributed by atoms with Crippen LogP contribution >= 0.6 is 23.2 Å². The van der Waals surface area contributed by atoms with E-state index >= 15 is 0 Å². The summed E-state index contributed by atoms with van der Waals surface area (Å²) >= 11 is 11.9. The number of hydrogen-bond donors (Lipinski definition) is 2. The van der Waals surface area contributed by atoms with Gasteiger partial charge in [-0.05, 0) is 36.2 Å². The van der Waals surface area contributed by atoms with Gasteiger partial charge in [0.1, 0.15) is 5.75 Å². The van der Waals surface area contributed by atoms with Crippen LogP contribution in [0.25, 0.3) is 0 Å². The number of hydrogen-bond acceptors (Lipinski definition) is 3. The molecule has 2 aromatic rings. The SMILES string of the molecule is COc1ccccc1NCC(=O)NCCc1ccc(Cl)cc1Cl. The molecule has 0 fully saturated rings. The largest absolute Gasteiger partial charge is 0.495 e. The van der Waals surface area contributed by atoms with E-state index in [1.54, 1.807) is 19.2 Å². The number of benzene rings is 2. The molecule has 0 heterocycles. The molecule has 6 heteroatoms. The van der Waals surface area contributed by atoms with Crippen LogP contribution in [-0.2, 0) is 11.2 Å². The summed E-state index contributed by atoms with van der Waals surface area (Å²) in [4.78, 5) is 11.9. The van der Waals surface area contributed by atoms with Crippen molar-refractivity contribution in [3.8, 4) is 5.75 Å². The van der Waals surface area contributed by atoms with Crippen molar-refractivity contribution in [2.24, 2.45) is 0 Å². The summed E-state index contributed by atoms with van der Waals surface area (Å²) in [7, 11) is 1.59. The molecule has 122 valence electrons. The summed E-state index contributed by atoms with van der Waals surface area (Å²) in [6.45, 7) is 0.683. The zero-order chi connectivity index (χ0) is 16.7. The smallest absolute Gasteiger partial charge is 0.239 e. The molecule has 0 aliphatic carbocycles. The van der Waals surface area contributed by atoms with Gasteiger partial charge in [-0.3, -0.25) is 4.79 Å². The van der Waals surface area contributed by atoms with E-state index in [1.165, 1.54) is 0 Å². The van der Waals surface area contributed by atoms with Crippen molar-refractivity contribution in [1.82, 2.24) is 5.32 Å². The fourth-order valence-electron chi connectivity index (χ4n) is 2.09. The third-order valence-corrected chi connectivity index (χ3v) is 3.86. The molecule has 0 spiro atoms. The molecule has 2 aromatic carbocycles. The van der Waals surface area contributed by atoms with Gasteiger partial charge in [0.05, 0.1) is 19.3 Å². The molecule has 0 saturated carbocycles. The van der Waals surface area contributed by atoms with Crippen LogP contribution in [0.5, 0.6) is 5.75 Å². The highest BCUT2D eigenvalue weighted by Crippen LogP contribution is 2.22. The van der Waals surface area contributed by atoms with Gasteiger partial charge in [0, 0.05) is 16.6 Å². The highest BCUT2D eigenvalue weighted by atomic mass is 35.5. The maximum Gasteiger partial charge on any atom is 0.239 e. The summed E-state index contributed by atoms with van der Waals surface area (Å²) in [6.07, 6.45) is 0.649. The Hall–Kier alpha value is -1.91. The van der Waals surface area contributed by atoms with Crippen molar-refractivity contribution in [3.05, 3.63) is 58.1 Å². The van der Waals surface area contributed by atoms with E-state index in [0.29, 0.717) is 28.8 Å². The number of ether oxygens (including phenoxy) is 1. The lowest BCUT2D eigenvalue weighted by Crippen LogP contribution is -2.31. The van der Waals surface area contributed by atoms with E-state index in [-0.39, 0.29) is 12.5 Å². The van der Waals surface area contributed by atoms with Crippen molar-refractivity contribution in [2.75, 3.05) is 25.5 Å². The van der Waals surface area contributed by atoms with Crippen molar-refractivity contribution < 1.29 is 9.53 Å². The number of para-hydroxylation sites is 2. The second kappa shape index (κ2) is 8.65. The third-order valence-electron chi connectivity index (χ3n) is 3.28. The van der Waals surface area contributed by atoms with Crippen molar-refractivity contribution in [2.45, 2.75) is 6.42 Å². The van der Waals surface area contributed by atoms with Crippen LogP contribution < -0.4 is 15.4 Å². The van der Waals surface area contributed by atoms with Crippen molar-refractivity contribution >= 4 is 34.8 Å². The Bertz CT molecular complexity index is 677. The number of rotatable bonds is 7. The lowest BCUT2D eigenvalue weighted by atomic mass is 10.1. The minimum atomic E-state index is -0.0963. The lowest BCUT2D eigenvalue weighted by Gasteiger charge is -2.11. The van der Waals surface area contributed by atoms with E-state index < -0.39 is 0 Å². The summed E-state index contributed by atoms with van der Waals surface area (Å²) in [5, 5.41) is 7.11. The Labute approximate surface area is 145 Å². The van der Waals surface area contributed by atoms with E-state index in [0.717, 1.165) is 11.3 Å². The fraction of sp³-hybridized carbons (Fsp3) is 0.235. The zero-order valence-electron chi connectivity index (χ0n) is 12.7. The summed E-state index contributed by atoms with van der Waals surface area (Å²) in [6, 6.07) is 12.8. The van der Waals surface area contributed by atoms with Gasteiger partial charge in [0.2, 0.25) is 5.91 Å². The molecular weight excluding hydrogens is 335 g/mol. The first-order valence-electron chi connectivity index (χ1n) is 7.17. The Morgan fingerprint density at radius 3 is 2.70 bits per heavy atom. The van der Waals surface area contributed by atoms with Gasteiger partial charge in [-0.25, -0.2) is 0 Å². The highest BCUT2D eigenvalue weighted by Gasteiger charge is 2.06. The number of carbonyl (C=O) groups is 1. The summed E-state index contributed by atoms with van der Waals surface area (Å²) < 4.78 is 5.22. The minimum Gasteiger partial charge on any atom is -0.495 e. The highest BCUT2D eigenvalue weighted by molar-refractivity contribution is 6.35. The predicted octanol–water partition coefficient (Wildman–Crippen LogP) is 3.77. The van der Waals surface area contributed by atoms with Crippen LogP contribution in [0, 0.1) is 0 Å². The number of halogens is 2. The van der Waals surface area contributed by atoms with E-state index in [1.807, 2.05) is 30.3 Å². The maximum atomic E-state index is 11.9. The standard InChI is InChI=1S/C17H18Cl2N2O2/c1-23-16-5-3-2-4-15(16)21-11-17(22)20-9-8-12-6-7-13(18)10-14(12)19/h2-7,10,21H,8-9,11H2,1H3,(H,20,22). The molecule has 4 nitrogen and oxygen atoms in total. The second-order valence-corrected chi connectivity index (χ2v) is 5.73. The molecule has 2 rings (SSSR count). The molecule has 0 atom stereocenters. The van der Waals surface area contributed by atoms with Crippen LogP contribution in [0.1, 0.15) is 5.56 Å². The number of nitrogens with one attached hydrogen (secondary N) is 2. The molecule has 0 radical (unpaired) electrons. The minimum absolute atomic E-state index is 0.0963. The first-order chi connectivity index (χ1) is 11.1. The predicted molar refractivity (Wildman–Crippen MR) is 94.7 cm³/mol. The average Bonchev–Trinajstić information content (AvgIpc) is 2.55. The van der Waals surface area contributed by atoms with E-state index in [9.17, 15) is 4.79 Å². The third kappa shape index (κ3) is 5.34. The Balaban J connectivity index is 1.77. The van der Waals surface area contributed by atoms with Gasteiger partial charge in [0.15, 0.2) is 0 Å². The molecular formula is C17H18Cl2N2O2. The van der Waals surface area contributed by atoms with Crippen LogP contribution in [0.4, 0.5) is 5.69 Å². The fourth-order valence-corrected chi connectivity index (χ4v) is 2.59. The van der Waals surface area contributed by atoms with Gasteiger partial charge in [-0.15, -0.1) is 0 Å². The van der Waals surface area contributed by atoms with E-state index in [4.69, 9.17) is 27.9 Å². The molecule has 0 unspecified atom stereocenters. The molecule has 0 saturated heterocycles. The molecule has 0 bridgehead atoms. The maximum absolute atomic E-state index is 11.9. The van der Waals surface area contributed by atoms with Gasteiger partial charge >= 0.3 is 0 Å². The topological polar surface area (TPSA) is 50.4 Å². The molecule has 2 N–H and O–H groups in total. The van der Waals surface area contributed by atoms with Crippen LogP contribution in [0.15, 0.2) is 42.5 Å². The molecule has 0 aliphatic heterocycles. The summed E-state index contributed by atoms with van der Waals surface area (Å²) in [5.74, 6) is 0.606. The first kappa shape index (κ1) is 17.4. The molecule has 0 aliphatic rings. The van der Waals surface area contributed by atoms with E-state index in [2.05, 4.69) is 10.6 Å². The van der Waals surface area contributed by atoms with Crippen LogP contribution in [-0.4, -0.2) is 26.1 Å². The normalized spacial score (nSPS) is 10.2. The van der Waals surface area contributed by atoms with Gasteiger partial charge in [0.25, 0.3) is 0 Å². The number of carbonyl (C=O) groups excluding carboxylic acids is 1. The Morgan fingerprint density at radius 2 is 1.96 bits per heavy atom. The second-order valence-electron chi connectivity index (χ2n) is 4.89. The van der Waals surface area contributed by atoms with Crippen LogP contribution in [0.3, 0.4) is 0 Å². The number of anilines is 1. The van der Waals surface area contributed by atoms with Gasteiger partial charge < -0.3 is 15.4 Å². The van der Waals surface area contributed by atoms with Crippen molar-refractivity contribution in [1.29, 1.82) is 0 Å². The average molecular weight is 353 g/mol. The molecule has 23 heavy (non-hydrogen) atoms. The molecule has 1 amide bonds.